The van der Waals surface area contributed by atoms with Crippen molar-refractivity contribution in [1.82, 2.24) is 5.32 Å². The summed E-state index contributed by atoms with van der Waals surface area (Å²) >= 11 is 5.92. The average Bonchev–Trinajstić information content (AvgIpc) is 2.58. The SMILES string of the molecule is Clc1ccc(CC23CCC(CNC2)C3)cc1. The van der Waals surface area contributed by atoms with E-state index in [-0.39, 0.29) is 0 Å². The second-order valence-corrected chi connectivity index (χ2v) is 5.98. The van der Waals surface area contributed by atoms with E-state index in [2.05, 4.69) is 17.4 Å². The van der Waals surface area contributed by atoms with E-state index in [1.807, 2.05) is 12.1 Å². The van der Waals surface area contributed by atoms with Gasteiger partial charge in [-0.1, -0.05) is 23.7 Å². The standard InChI is InChI=1S/C14H18ClN/c15-13-3-1-11(2-4-13)7-14-6-5-12(8-14)9-16-10-14/h1-4,12,16H,5-10H2. The molecule has 2 bridgehead atoms. The fourth-order valence-electron chi connectivity index (χ4n) is 3.46. The van der Waals surface area contributed by atoms with Crippen molar-refractivity contribution in [1.29, 1.82) is 0 Å². The minimum atomic E-state index is 0.538. The van der Waals surface area contributed by atoms with Crippen molar-refractivity contribution in [3.63, 3.8) is 0 Å². The summed E-state index contributed by atoms with van der Waals surface area (Å²) < 4.78 is 0. The molecule has 1 saturated carbocycles. The molecule has 0 spiro atoms. The Morgan fingerprint density at radius 1 is 1.31 bits per heavy atom. The van der Waals surface area contributed by atoms with Crippen molar-refractivity contribution >= 4 is 11.6 Å². The van der Waals surface area contributed by atoms with E-state index in [0.29, 0.717) is 5.41 Å². The molecule has 2 unspecified atom stereocenters. The summed E-state index contributed by atoms with van der Waals surface area (Å²) in [6.07, 6.45) is 5.45. The van der Waals surface area contributed by atoms with Crippen LogP contribution in [0, 0.1) is 11.3 Å². The minimum absolute atomic E-state index is 0.538. The highest BCUT2D eigenvalue weighted by Crippen LogP contribution is 2.45. The fourth-order valence-corrected chi connectivity index (χ4v) is 3.59. The summed E-state index contributed by atoms with van der Waals surface area (Å²) in [6.45, 7) is 2.44. The lowest BCUT2D eigenvalue weighted by atomic mass is 9.77. The summed E-state index contributed by atoms with van der Waals surface area (Å²) in [4.78, 5) is 0. The molecule has 86 valence electrons. The van der Waals surface area contributed by atoms with Gasteiger partial charge in [0.25, 0.3) is 0 Å². The van der Waals surface area contributed by atoms with E-state index in [9.17, 15) is 0 Å². The molecule has 16 heavy (non-hydrogen) atoms. The van der Waals surface area contributed by atoms with Gasteiger partial charge in [-0.05, 0) is 61.3 Å². The molecule has 0 amide bonds. The quantitative estimate of drug-likeness (QED) is 0.830. The van der Waals surface area contributed by atoms with E-state index >= 15 is 0 Å². The van der Waals surface area contributed by atoms with E-state index in [4.69, 9.17) is 11.6 Å². The van der Waals surface area contributed by atoms with Gasteiger partial charge in [-0.2, -0.15) is 0 Å². The molecule has 1 heterocycles. The molecular formula is C14H18ClN. The summed E-state index contributed by atoms with van der Waals surface area (Å²) in [5.41, 5.74) is 1.98. The first-order valence-corrected chi connectivity index (χ1v) is 6.59. The van der Waals surface area contributed by atoms with E-state index in [0.717, 1.165) is 10.9 Å². The number of piperidine rings is 1. The summed E-state index contributed by atoms with van der Waals surface area (Å²) in [5, 5.41) is 4.43. The monoisotopic (exact) mass is 235 g/mol. The van der Waals surface area contributed by atoms with Crippen molar-refractivity contribution in [2.45, 2.75) is 25.7 Å². The van der Waals surface area contributed by atoms with Gasteiger partial charge < -0.3 is 5.32 Å². The molecule has 1 aliphatic carbocycles. The Labute approximate surface area is 102 Å². The Morgan fingerprint density at radius 3 is 2.94 bits per heavy atom. The number of fused-ring (bicyclic) bond motifs is 2. The van der Waals surface area contributed by atoms with Crippen LogP contribution in [-0.2, 0) is 6.42 Å². The molecule has 0 aromatic heterocycles. The van der Waals surface area contributed by atoms with Gasteiger partial charge in [-0.25, -0.2) is 0 Å². The third-order valence-corrected chi connectivity index (χ3v) is 4.48. The summed E-state index contributed by atoms with van der Waals surface area (Å²) in [6, 6.07) is 8.38. The number of benzene rings is 1. The summed E-state index contributed by atoms with van der Waals surface area (Å²) in [7, 11) is 0. The molecule has 1 N–H and O–H groups in total. The Kier molecular flexibility index (Phi) is 2.68. The molecule has 2 heteroatoms. The van der Waals surface area contributed by atoms with Crippen molar-refractivity contribution in [3.8, 4) is 0 Å². The predicted octanol–water partition coefficient (Wildman–Crippen LogP) is 3.27. The smallest absolute Gasteiger partial charge is 0.0406 e. The maximum atomic E-state index is 5.92. The molecule has 0 radical (unpaired) electrons. The van der Waals surface area contributed by atoms with Crippen LogP contribution in [0.15, 0.2) is 24.3 Å². The van der Waals surface area contributed by atoms with Crippen LogP contribution in [-0.4, -0.2) is 13.1 Å². The number of rotatable bonds is 2. The first-order chi connectivity index (χ1) is 7.76. The second-order valence-electron chi connectivity index (χ2n) is 5.54. The first kappa shape index (κ1) is 10.6. The molecular weight excluding hydrogens is 218 g/mol. The third kappa shape index (κ3) is 1.99. The highest BCUT2D eigenvalue weighted by molar-refractivity contribution is 6.30. The Morgan fingerprint density at radius 2 is 2.12 bits per heavy atom. The van der Waals surface area contributed by atoms with Crippen LogP contribution in [0.4, 0.5) is 0 Å². The normalized spacial score (nSPS) is 32.9. The lowest BCUT2D eigenvalue weighted by molar-refractivity contribution is 0.229. The highest BCUT2D eigenvalue weighted by Gasteiger charge is 2.41. The van der Waals surface area contributed by atoms with Crippen molar-refractivity contribution in [3.05, 3.63) is 34.9 Å². The number of hydrogen-bond acceptors (Lipinski definition) is 1. The molecule has 1 aliphatic heterocycles. The van der Waals surface area contributed by atoms with Gasteiger partial charge in [0.2, 0.25) is 0 Å². The zero-order valence-corrected chi connectivity index (χ0v) is 10.3. The third-order valence-electron chi connectivity index (χ3n) is 4.23. The van der Waals surface area contributed by atoms with Crippen LogP contribution >= 0.6 is 11.6 Å². The van der Waals surface area contributed by atoms with Crippen molar-refractivity contribution in [2.24, 2.45) is 11.3 Å². The van der Waals surface area contributed by atoms with Crippen LogP contribution < -0.4 is 5.32 Å². The van der Waals surface area contributed by atoms with Gasteiger partial charge in [0.05, 0.1) is 0 Å². The predicted molar refractivity (Wildman–Crippen MR) is 67.8 cm³/mol. The zero-order valence-electron chi connectivity index (χ0n) is 9.51. The van der Waals surface area contributed by atoms with E-state index < -0.39 is 0 Å². The zero-order chi connectivity index (χ0) is 11.0. The van der Waals surface area contributed by atoms with Gasteiger partial charge >= 0.3 is 0 Å². The van der Waals surface area contributed by atoms with E-state index in [1.165, 1.54) is 44.3 Å². The first-order valence-electron chi connectivity index (χ1n) is 6.21. The largest absolute Gasteiger partial charge is 0.316 e. The van der Waals surface area contributed by atoms with Crippen LogP contribution in [0.1, 0.15) is 24.8 Å². The molecule has 1 aromatic carbocycles. The highest BCUT2D eigenvalue weighted by atomic mass is 35.5. The lowest BCUT2D eigenvalue weighted by Gasteiger charge is -2.34. The van der Waals surface area contributed by atoms with Crippen molar-refractivity contribution < 1.29 is 0 Å². The van der Waals surface area contributed by atoms with Crippen LogP contribution in [0.5, 0.6) is 0 Å². The number of halogens is 1. The van der Waals surface area contributed by atoms with Gasteiger partial charge in [0, 0.05) is 11.6 Å². The Hall–Kier alpha value is -0.530. The van der Waals surface area contributed by atoms with Crippen LogP contribution in [0.3, 0.4) is 0 Å². The Bertz CT molecular complexity index is 369. The Balaban J connectivity index is 1.76. The maximum absolute atomic E-state index is 5.92. The van der Waals surface area contributed by atoms with E-state index in [1.54, 1.807) is 0 Å². The molecule has 1 nitrogen and oxygen atoms in total. The molecule has 2 fully saturated rings. The lowest BCUT2D eigenvalue weighted by Crippen LogP contribution is -2.40. The number of nitrogens with one attached hydrogen (secondary N) is 1. The minimum Gasteiger partial charge on any atom is -0.316 e. The maximum Gasteiger partial charge on any atom is 0.0406 e. The molecule has 3 rings (SSSR count). The molecule has 2 aliphatic rings. The molecule has 1 saturated heterocycles. The van der Waals surface area contributed by atoms with Crippen LogP contribution in [0.25, 0.3) is 0 Å². The second kappa shape index (κ2) is 4.05. The average molecular weight is 236 g/mol. The van der Waals surface area contributed by atoms with Gasteiger partial charge in [-0.15, -0.1) is 0 Å². The van der Waals surface area contributed by atoms with Crippen LogP contribution in [0.2, 0.25) is 5.02 Å². The van der Waals surface area contributed by atoms with Crippen molar-refractivity contribution in [2.75, 3.05) is 13.1 Å². The van der Waals surface area contributed by atoms with Gasteiger partial charge in [0.1, 0.15) is 0 Å². The number of hydrogen-bond donors (Lipinski definition) is 1. The fraction of sp³-hybridized carbons (Fsp3) is 0.571. The molecule has 1 aromatic rings. The molecule has 2 atom stereocenters. The summed E-state index contributed by atoms with van der Waals surface area (Å²) in [5.74, 6) is 0.932. The topological polar surface area (TPSA) is 12.0 Å². The van der Waals surface area contributed by atoms with Gasteiger partial charge in [-0.3, -0.25) is 0 Å². The van der Waals surface area contributed by atoms with Gasteiger partial charge in [0.15, 0.2) is 0 Å².